The van der Waals surface area contributed by atoms with Crippen molar-refractivity contribution in [3.8, 4) is 0 Å². The highest BCUT2D eigenvalue weighted by Gasteiger charge is 2.39. The average Bonchev–Trinajstić information content (AvgIpc) is 2.63. The maximum atomic E-state index is 13.0. The monoisotopic (exact) mass is 345 g/mol. The lowest BCUT2D eigenvalue weighted by atomic mass is 9.70. The van der Waals surface area contributed by atoms with E-state index in [-0.39, 0.29) is 18.4 Å². The molecule has 0 saturated carbocycles. The van der Waals surface area contributed by atoms with Crippen LogP contribution in [0.2, 0.25) is 0 Å². The summed E-state index contributed by atoms with van der Waals surface area (Å²) in [5, 5.41) is 12.5. The molecule has 0 bridgehead atoms. The molecule has 0 aromatic heterocycles. The van der Waals surface area contributed by atoms with Crippen molar-refractivity contribution < 1.29 is 19.4 Å². The van der Waals surface area contributed by atoms with Gasteiger partial charge in [-0.05, 0) is 56.1 Å². The number of rotatable bonds is 5. The number of benzene rings is 1. The van der Waals surface area contributed by atoms with Gasteiger partial charge in [-0.15, -0.1) is 0 Å². The second-order valence-electron chi connectivity index (χ2n) is 7.45. The summed E-state index contributed by atoms with van der Waals surface area (Å²) in [6.45, 7) is 3.38. The first-order chi connectivity index (χ1) is 12.0. The Labute approximate surface area is 148 Å². The van der Waals surface area contributed by atoms with Crippen molar-refractivity contribution in [3.05, 3.63) is 35.4 Å². The van der Waals surface area contributed by atoms with Crippen LogP contribution in [-0.2, 0) is 26.2 Å². The number of carboxylic acids is 1. The fourth-order valence-corrected chi connectivity index (χ4v) is 4.25. The minimum absolute atomic E-state index is 0.0574. The highest BCUT2D eigenvalue weighted by atomic mass is 16.5. The largest absolute Gasteiger partial charge is 0.481 e. The standard InChI is InChI=1S/C20H27NO4/c1-20(10-4-6-15-5-2-3-7-17(15)20)19(24)21-13-16(18(22)23)14-8-11-25-12-9-14/h2-3,5,7,14,16H,4,6,8-13H2,1H3,(H,21,24)(H,22,23). The van der Waals surface area contributed by atoms with Gasteiger partial charge in [0.2, 0.25) is 5.91 Å². The number of hydrogen-bond acceptors (Lipinski definition) is 3. The first-order valence-corrected chi connectivity index (χ1v) is 9.19. The molecule has 1 saturated heterocycles. The Morgan fingerprint density at radius 2 is 2.04 bits per heavy atom. The molecule has 1 fully saturated rings. The minimum Gasteiger partial charge on any atom is -0.481 e. The van der Waals surface area contributed by atoms with E-state index in [0.717, 1.165) is 37.7 Å². The summed E-state index contributed by atoms with van der Waals surface area (Å²) in [6.07, 6.45) is 4.26. The van der Waals surface area contributed by atoms with Crippen LogP contribution in [0.25, 0.3) is 0 Å². The number of hydrogen-bond donors (Lipinski definition) is 2. The Morgan fingerprint density at radius 1 is 1.32 bits per heavy atom. The molecule has 2 aliphatic rings. The van der Waals surface area contributed by atoms with Crippen LogP contribution >= 0.6 is 0 Å². The van der Waals surface area contributed by atoms with E-state index in [1.807, 2.05) is 25.1 Å². The number of nitrogens with one attached hydrogen (secondary N) is 1. The number of carboxylic acid groups (broad SMARTS) is 1. The molecule has 136 valence electrons. The number of aliphatic carboxylic acids is 1. The second-order valence-corrected chi connectivity index (χ2v) is 7.45. The lowest BCUT2D eigenvalue weighted by Crippen LogP contribution is -2.47. The van der Waals surface area contributed by atoms with Crippen molar-refractivity contribution >= 4 is 11.9 Å². The van der Waals surface area contributed by atoms with E-state index in [9.17, 15) is 14.7 Å². The van der Waals surface area contributed by atoms with E-state index >= 15 is 0 Å². The number of aryl methyl sites for hydroxylation is 1. The van der Waals surface area contributed by atoms with E-state index in [0.29, 0.717) is 13.2 Å². The predicted octanol–water partition coefficient (Wildman–Crippen LogP) is 2.52. The molecule has 1 aliphatic carbocycles. The molecule has 1 aliphatic heterocycles. The van der Waals surface area contributed by atoms with Crippen LogP contribution in [0.1, 0.15) is 43.7 Å². The van der Waals surface area contributed by atoms with Gasteiger partial charge < -0.3 is 15.2 Å². The Hall–Kier alpha value is -1.88. The molecule has 2 N–H and O–H groups in total. The zero-order chi connectivity index (χ0) is 17.9. The van der Waals surface area contributed by atoms with E-state index in [1.54, 1.807) is 0 Å². The van der Waals surface area contributed by atoms with Crippen LogP contribution in [0.3, 0.4) is 0 Å². The Morgan fingerprint density at radius 3 is 2.76 bits per heavy atom. The summed E-state index contributed by atoms with van der Waals surface area (Å²) in [4.78, 5) is 24.6. The zero-order valence-electron chi connectivity index (χ0n) is 14.8. The molecule has 5 nitrogen and oxygen atoms in total. The lowest BCUT2D eigenvalue weighted by molar-refractivity contribution is -0.145. The van der Waals surface area contributed by atoms with E-state index in [1.165, 1.54) is 5.56 Å². The Bertz CT molecular complexity index is 638. The van der Waals surface area contributed by atoms with Crippen LogP contribution in [0.4, 0.5) is 0 Å². The van der Waals surface area contributed by atoms with Gasteiger partial charge in [0.25, 0.3) is 0 Å². The molecule has 0 spiro atoms. The highest BCUT2D eigenvalue weighted by Crippen LogP contribution is 2.37. The molecule has 25 heavy (non-hydrogen) atoms. The zero-order valence-corrected chi connectivity index (χ0v) is 14.8. The third-order valence-corrected chi connectivity index (χ3v) is 5.87. The number of carbonyl (C=O) groups is 2. The third kappa shape index (κ3) is 3.71. The molecular weight excluding hydrogens is 318 g/mol. The van der Waals surface area contributed by atoms with Gasteiger partial charge in [-0.1, -0.05) is 24.3 Å². The smallest absolute Gasteiger partial charge is 0.308 e. The van der Waals surface area contributed by atoms with Gasteiger partial charge >= 0.3 is 5.97 Å². The number of carbonyl (C=O) groups excluding carboxylic acids is 1. The number of ether oxygens (including phenoxy) is 1. The highest BCUT2D eigenvalue weighted by molar-refractivity contribution is 5.89. The summed E-state index contributed by atoms with van der Waals surface area (Å²) in [7, 11) is 0. The van der Waals surface area contributed by atoms with Crippen LogP contribution < -0.4 is 5.32 Å². The van der Waals surface area contributed by atoms with Gasteiger partial charge in [-0.25, -0.2) is 0 Å². The Kier molecular flexibility index (Phi) is 5.42. The first kappa shape index (κ1) is 17.9. The summed E-state index contributed by atoms with van der Waals surface area (Å²) in [6, 6.07) is 8.09. The van der Waals surface area contributed by atoms with Crippen LogP contribution in [0, 0.1) is 11.8 Å². The fraction of sp³-hybridized carbons (Fsp3) is 0.600. The summed E-state index contributed by atoms with van der Waals surface area (Å²) in [5.41, 5.74) is 1.73. The quantitative estimate of drug-likeness (QED) is 0.860. The predicted molar refractivity (Wildman–Crippen MR) is 94.4 cm³/mol. The van der Waals surface area contributed by atoms with Crippen molar-refractivity contribution in [2.45, 2.75) is 44.4 Å². The fourth-order valence-electron chi connectivity index (χ4n) is 4.25. The minimum atomic E-state index is -0.832. The van der Waals surface area contributed by atoms with Crippen molar-refractivity contribution in [2.24, 2.45) is 11.8 Å². The maximum absolute atomic E-state index is 13.0. The summed E-state index contributed by atoms with van der Waals surface area (Å²) >= 11 is 0. The van der Waals surface area contributed by atoms with Crippen molar-refractivity contribution in [1.82, 2.24) is 5.32 Å². The SMILES string of the molecule is CC1(C(=O)NCC(C(=O)O)C2CCOCC2)CCCc2ccccc21. The lowest BCUT2D eigenvalue weighted by Gasteiger charge is -2.35. The van der Waals surface area contributed by atoms with Crippen molar-refractivity contribution in [2.75, 3.05) is 19.8 Å². The van der Waals surface area contributed by atoms with Gasteiger partial charge in [0.05, 0.1) is 11.3 Å². The molecule has 1 amide bonds. The van der Waals surface area contributed by atoms with Gasteiger partial charge in [-0.3, -0.25) is 9.59 Å². The molecule has 3 rings (SSSR count). The van der Waals surface area contributed by atoms with Crippen molar-refractivity contribution in [1.29, 1.82) is 0 Å². The Balaban J connectivity index is 1.70. The van der Waals surface area contributed by atoms with Crippen LogP contribution in [-0.4, -0.2) is 36.7 Å². The second kappa shape index (κ2) is 7.56. The molecule has 1 heterocycles. The topological polar surface area (TPSA) is 75.6 Å². The average molecular weight is 345 g/mol. The summed E-state index contributed by atoms with van der Waals surface area (Å²) in [5.74, 6) is -1.37. The van der Waals surface area contributed by atoms with Gasteiger partial charge in [0, 0.05) is 19.8 Å². The van der Waals surface area contributed by atoms with E-state index in [2.05, 4.69) is 11.4 Å². The van der Waals surface area contributed by atoms with Crippen LogP contribution in [0.5, 0.6) is 0 Å². The molecule has 5 heteroatoms. The van der Waals surface area contributed by atoms with E-state index < -0.39 is 17.3 Å². The molecule has 1 aromatic rings. The number of fused-ring (bicyclic) bond motifs is 1. The first-order valence-electron chi connectivity index (χ1n) is 9.19. The molecular formula is C20H27NO4. The van der Waals surface area contributed by atoms with Gasteiger partial charge in [-0.2, -0.15) is 0 Å². The van der Waals surface area contributed by atoms with Crippen molar-refractivity contribution in [3.63, 3.8) is 0 Å². The van der Waals surface area contributed by atoms with Crippen LogP contribution in [0.15, 0.2) is 24.3 Å². The number of amides is 1. The third-order valence-electron chi connectivity index (χ3n) is 5.87. The molecule has 2 atom stereocenters. The molecule has 2 unspecified atom stereocenters. The molecule has 0 radical (unpaired) electrons. The van der Waals surface area contributed by atoms with Gasteiger partial charge in [0.1, 0.15) is 0 Å². The van der Waals surface area contributed by atoms with Gasteiger partial charge in [0.15, 0.2) is 0 Å². The summed E-state index contributed by atoms with van der Waals surface area (Å²) < 4.78 is 5.33. The molecule has 1 aromatic carbocycles. The maximum Gasteiger partial charge on any atom is 0.308 e. The normalized spacial score (nSPS) is 25.0. The van der Waals surface area contributed by atoms with E-state index in [4.69, 9.17) is 4.74 Å².